The van der Waals surface area contributed by atoms with E-state index >= 15 is 0 Å². The number of amidine groups is 1. The minimum absolute atomic E-state index is 0.0215. The van der Waals surface area contributed by atoms with Crippen molar-refractivity contribution in [1.82, 2.24) is 15.3 Å². The second-order valence-electron chi connectivity index (χ2n) is 7.22. The molecule has 1 amide bonds. The monoisotopic (exact) mass is 452 g/mol. The molecule has 2 fully saturated rings. The summed E-state index contributed by atoms with van der Waals surface area (Å²) in [7, 11) is 0. The first kappa shape index (κ1) is 22.8. The summed E-state index contributed by atoms with van der Waals surface area (Å²) in [5.74, 6) is -5.43. The van der Waals surface area contributed by atoms with Gasteiger partial charge in [-0.25, -0.2) is 9.97 Å². The highest BCUT2D eigenvalue weighted by Crippen LogP contribution is 2.40. The number of hydrogen-bond acceptors (Lipinski definition) is 7. The quantitative estimate of drug-likeness (QED) is 0.505. The van der Waals surface area contributed by atoms with Crippen LogP contribution in [0.2, 0.25) is 0 Å². The number of nitrogens with zero attached hydrogens (tertiary/aromatic N) is 3. The number of alkyl halides is 6. The summed E-state index contributed by atoms with van der Waals surface area (Å²) in [5, 5.41) is 19.4. The highest BCUT2D eigenvalue weighted by Gasteiger charge is 2.54. The lowest BCUT2D eigenvalue weighted by Gasteiger charge is -2.37. The summed E-state index contributed by atoms with van der Waals surface area (Å²) in [5.41, 5.74) is 3.86. The number of aliphatic hydroxyl groups excluding tert-OH is 1. The molecule has 0 spiro atoms. The molecule has 2 atom stereocenters. The molecule has 0 saturated carbocycles. The Morgan fingerprint density at radius 2 is 1.81 bits per heavy atom. The maximum atomic E-state index is 13.5. The molecular weight excluding hydrogens is 434 g/mol. The van der Waals surface area contributed by atoms with Crippen LogP contribution in [0.5, 0.6) is 0 Å². The predicted octanol–water partition coefficient (Wildman–Crippen LogP) is 1.57. The van der Waals surface area contributed by atoms with Crippen LogP contribution in [0.4, 0.5) is 32.2 Å². The molecule has 1 aromatic rings. The fraction of sp³-hybridized carbons (Fsp3) is 0.529. The van der Waals surface area contributed by atoms with E-state index in [9.17, 15) is 36.2 Å². The molecule has 170 valence electrons. The van der Waals surface area contributed by atoms with Crippen molar-refractivity contribution in [3.8, 4) is 0 Å². The summed E-state index contributed by atoms with van der Waals surface area (Å²) < 4.78 is 79.0. The number of halogens is 6. The predicted molar refractivity (Wildman–Crippen MR) is 94.6 cm³/mol. The molecule has 3 heterocycles. The number of nitrogens with one attached hydrogen (secondary N) is 2. The molecule has 5 N–H and O–H groups in total. The van der Waals surface area contributed by atoms with E-state index in [1.807, 2.05) is 5.32 Å². The molecule has 0 aliphatic carbocycles. The van der Waals surface area contributed by atoms with E-state index in [2.05, 4.69) is 9.97 Å². The molecule has 3 rings (SSSR count). The smallest absolute Gasteiger partial charge is 0.401 e. The van der Waals surface area contributed by atoms with Crippen LogP contribution < -0.4 is 16.0 Å². The van der Waals surface area contributed by atoms with Crippen LogP contribution in [-0.4, -0.2) is 52.2 Å². The largest absolute Gasteiger partial charge is 0.433 e. The molecule has 2 aliphatic heterocycles. The van der Waals surface area contributed by atoms with Crippen molar-refractivity contribution >= 4 is 17.6 Å². The van der Waals surface area contributed by atoms with Crippen LogP contribution in [0, 0.1) is 17.2 Å². The van der Waals surface area contributed by atoms with Crippen molar-refractivity contribution in [2.24, 2.45) is 17.6 Å². The number of rotatable bonds is 2. The van der Waals surface area contributed by atoms with Crippen molar-refractivity contribution in [2.45, 2.75) is 31.3 Å². The zero-order valence-electron chi connectivity index (χ0n) is 15.8. The van der Waals surface area contributed by atoms with E-state index in [1.54, 1.807) is 0 Å². The van der Waals surface area contributed by atoms with Crippen molar-refractivity contribution in [2.75, 3.05) is 18.0 Å². The number of amides is 1. The second-order valence-corrected chi connectivity index (χ2v) is 7.22. The summed E-state index contributed by atoms with van der Waals surface area (Å²) in [6, 6.07) is 0.782. The normalized spacial score (nSPS) is 25.5. The van der Waals surface area contributed by atoms with Gasteiger partial charge in [-0.3, -0.25) is 10.2 Å². The zero-order valence-corrected chi connectivity index (χ0v) is 15.8. The van der Waals surface area contributed by atoms with Gasteiger partial charge in [-0.2, -0.15) is 26.3 Å². The SMILES string of the molecule is N=C1NC(=O)[C@H](O)[C@H](C(F)(F)F)C1=C(N)C1CCN(c2cc(C(F)(F)F)ncn2)CC1. The number of allylic oxidation sites excluding steroid dienone is 1. The van der Waals surface area contributed by atoms with Gasteiger partial charge in [-0.1, -0.05) is 0 Å². The maximum Gasteiger partial charge on any atom is 0.433 e. The lowest BCUT2D eigenvalue weighted by Crippen LogP contribution is -2.56. The molecule has 0 aromatic carbocycles. The Morgan fingerprint density at radius 1 is 1.19 bits per heavy atom. The molecule has 2 aliphatic rings. The first-order chi connectivity index (χ1) is 14.3. The van der Waals surface area contributed by atoms with Gasteiger partial charge in [-0.05, 0) is 12.8 Å². The van der Waals surface area contributed by atoms with Gasteiger partial charge in [0, 0.05) is 36.3 Å². The highest BCUT2D eigenvalue weighted by atomic mass is 19.4. The Kier molecular flexibility index (Phi) is 5.86. The Hall–Kier alpha value is -2.90. The molecule has 14 heteroatoms. The Morgan fingerprint density at radius 3 is 2.35 bits per heavy atom. The minimum Gasteiger partial charge on any atom is -0.401 e. The van der Waals surface area contributed by atoms with E-state index in [4.69, 9.17) is 11.1 Å². The standard InChI is InChI=1S/C17H18F6N6O2/c18-16(19,20)8-5-9(27-6-26-8)29-3-1-7(2-4-29)12(24)10-11(17(21,22)23)13(30)15(31)28-14(10)25/h5-7,11,13,30H,1-4,24H2,(H2,25,28,31)/t11-,13-/m1/s1. The van der Waals surface area contributed by atoms with Crippen molar-refractivity contribution in [3.63, 3.8) is 0 Å². The number of aromatic nitrogens is 2. The van der Waals surface area contributed by atoms with Crippen molar-refractivity contribution in [1.29, 1.82) is 5.41 Å². The molecule has 0 bridgehead atoms. The summed E-state index contributed by atoms with van der Waals surface area (Å²) in [6.45, 7) is 0.289. The Labute approximate surface area is 171 Å². The lowest BCUT2D eigenvalue weighted by molar-refractivity contribution is -0.191. The molecule has 2 saturated heterocycles. The topological polar surface area (TPSA) is 128 Å². The number of carbonyl (C=O) groups excluding carboxylic acids is 1. The third-order valence-corrected chi connectivity index (χ3v) is 5.28. The minimum atomic E-state index is -5.01. The van der Waals surface area contributed by atoms with Crippen LogP contribution in [0.15, 0.2) is 23.7 Å². The average molecular weight is 452 g/mol. The highest BCUT2D eigenvalue weighted by molar-refractivity contribution is 6.11. The van der Waals surface area contributed by atoms with E-state index in [0.29, 0.717) is 0 Å². The number of nitrogens with two attached hydrogens (primary N) is 1. The number of hydrogen-bond donors (Lipinski definition) is 4. The number of carbonyl (C=O) groups is 1. The number of aliphatic hydroxyl groups is 1. The van der Waals surface area contributed by atoms with Gasteiger partial charge in [-0.15, -0.1) is 0 Å². The summed E-state index contributed by atoms with van der Waals surface area (Å²) in [6.07, 6.45) is -11.0. The van der Waals surface area contributed by atoms with Gasteiger partial charge in [0.25, 0.3) is 5.91 Å². The fourth-order valence-corrected chi connectivity index (χ4v) is 3.71. The van der Waals surface area contributed by atoms with Gasteiger partial charge in [0.1, 0.15) is 35.7 Å². The third kappa shape index (κ3) is 4.57. The van der Waals surface area contributed by atoms with Crippen LogP contribution in [0.25, 0.3) is 0 Å². The van der Waals surface area contributed by atoms with Gasteiger partial charge in [0.05, 0.1) is 0 Å². The van der Waals surface area contributed by atoms with Gasteiger partial charge in [0.15, 0.2) is 0 Å². The van der Waals surface area contributed by atoms with Crippen LogP contribution in [-0.2, 0) is 11.0 Å². The summed E-state index contributed by atoms with van der Waals surface area (Å²) in [4.78, 5) is 20.1. The zero-order chi connectivity index (χ0) is 23.1. The molecule has 1 aromatic heterocycles. The van der Waals surface area contributed by atoms with Crippen LogP contribution in [0.1, 0.15) is 18.5 Å². The van der Waals surface area contributed by atoms with Crippen LogP contribution >= 0.6 is 0 Å². The van der Waals surface area contributed by atoms with E-state index in [1.165, 1.54) is 4.90 Å². The fourth-order valence-electron chi connectivity index (χ4n) is 3.71. The maximum absolute atomic E-state index is 13.5. The average Bonchev–Trinajstić information content (AvgIpc) is 2.68. The summed E-state index contributed by atoms with van der Waals surface area (Å²) >= 11 is 0. The lowest BCUT2D eigenvalue weighted by atomic mass is 9.81. The number of anilines is 1. The van der Waals surface area contributed by atoms with Gasteiger partial charge < -0.3 is 21.1 Å². The van der Waals surface area contributed by atoms with Gasteiger partial charge >= 0.3 is 12.4 Å². The van der Waals surface area contributed by atoms with E-state index in [0.717, 1.165) is 12.4 Å². The van der Waals surface area contributed by atoms with Crippen molar-refractivity contribution in [3.05, 3.63) is 29.4 Å². The molecular formula is C17H18F6N6O2. The third-order valence-electron chi connectivity index (χ3n) is 5.28. The molecule has 31 heavy (non-hydrogen) atoms. The Balaban J connectivity index is 1.82. The molecule has 8 nitrogen and oxygen atoms in total. The molecule has 0 unspecified atom stereocenters. The van der Waals surface area contributed by atoms with Crippen molar-refractivity contribution < 1.29 is 36.2 Å². The first-order valence-corrected chi connectivity index (χ1v) is 9.09. The first-order valence-electron chi connectivity index (χ1n) is 9.09. The Bertz CT molecular complexity index is 907. The van der Waals surface area contributed by atoms with Crippen LogP contribution in [0.3, 0.4) is 0 Å². The van der Waals surface area contributed by atoms with E-state index in [-0.39, 0.29) is 37.4 Å². The van der Waals surface area contributed by atoms with E-state index < -0.39 is 53.3 Å². The molecule has 0 radical (unpaired) electrons. The van der Waals surface area contributed by atoms with Gasteiger partial charge in [0.2, 0.25) is 0 Å². The number of piperidine rings is 2. The second kappa shape index (κ2) is 7.98.